The molecule has 2 aliphatic heterocycles. The molecule has 6 aliphatic rings. The Hall–Kier alpha value is -1.63. The third-order valence-corrected chi connectivity index (χ3v) is 7.60. The van der Waals surface area contributed by atoms with Gasteiger partial charge in [-0.25, -0.2) is 0 Å². The lowest BCUT2D eigenvalue weighted by Crippen LogP contribution is -2.67. The van der Waals surface area contributed by atoms with Gasteiger partial charge in [0.25, 0.3) is 0 Å². The minimum atomic E-state index is -0.435. The maximum absolute atomic E-state index is 13.7. The SMILES string of the molecule is CC(=O)OC12C[C@H]3C[C@@H](C1)CC(C(=O)N1CCN4CCNC(=O)[C@@H]4C1)(C3)C2. The van der Waals surface area contributed by atoms with Gasteiger partial charge in [0.15, 0.2) is 0 Å². The third-order valence-electron chi connectivity index (χ3n) is 7.60. The van der Waals surface area contributed by atoms with Crippen molar-refractivity contribution in [2.75, 3.05) is 32.7 Å². The molecule has 2 saturated heterocycles. The highest BCUT2D eigenvalue weighted by molar-refractivity contribution is 5.87. The Labute approximate surface area is 159 Å². The number of amides is 2. The van der Waals surface area contributed by atoms with Crippen molar-refractivity contribution in [3.63, 3.8) is 0 Å². The number of ether oxygens (including phenoxy) is 1. The van der Waals surface area contributed by atoms with Crippen LogP contribution in [-0.4, -0.2) is 72.0 Å². The zero-order valence-electron chi connectivity index (χ0n) is 16.0. The van der Waals surface area contributed by atoms with Crippen LogP contribution in [0.15, 0.2) is 0 Å². The van der Waals surface area contributed by atoms with E-state index >= 15 is 0 Å². The van der Waals surface area contributed by atoms with Crippen molar-refractivity contribution in [2.45, 2.75) is 57.1 Å². The summed E-state index contributed by atoms with van der Waals surface area (Å²) >= 11 is 0. The summed E-state index contributed by atoms with van der Waals surface area (Å²) in [6.07, 6.45) is 5.50. The number of nitrogens with one attached hydrogen (secondary N) is 1. The number of hydrogen-bond acceptors (Lipinski definition) is 5. The fourth-order valence-corrected chi connectivity index (χ4v) is 7.15. The van der Waals surface area contributed by atoms with Crippen LogP contribution in [0.1, 0.15) is 45.4 Å². The summed E-state index contributed by atoms with van der Waals surface area (Å²) in [5.41, 5.74) is -0.831. The molecule has 2 heterocycles. The summed E-state index contributed by atoms with van der Waals surface area (Å²) in [6.45, 7) is 4.99. The van der Waals surface area contributed by atoms with Crippen molar-refractivity contribution in [2.24, 2.45) is 17.3 Å². The van der Waals surface area contributed by atoms with E-state index in [2.05, 4.69) is 10.2 Å². The molecular formula is C20H29N3O4. The molecule has 0 aromatic heterocycles. The van der Waals surface area contributed by atoms with Gasteiger partial charge in [0, 0.05) is 46.1 Å². The van der Waals surface area contributed by atoms with Gasteiger partial charge in [-0.15, -0.1) is 0 Å². The minimum Gasteiger partial charge on any atom is -0.459 e. The molecule has 2 amide bonds. The van der Waals surface area contributed by atoms with Gasteiger partial charge in [-0.1, -0.05) is 0 Å². The summed E-state index contributed by atoms with van der Waals surface area (Å²) in [5.74, 6) is 0.974. The van der Waals surface area contributed by atoms with Gasteiger partial charge in [0.05, 0.1) is 5.41 Å². The van der Waals surface area contributed by atoms with Crippen molar-refractivity contribution in [1.82, 2.24) is 15.1 Å². The second kappa shape index (κ2) is 5.93. The molecule has 6 rings (SSSR count). The van der Waals surface area contributed by atoms with E-state index in [1.54, 1.807) is 0 Å². The van der Waals surface area contributed by atoms with Crippen LogP contribution < -0.4 is 5.32 Å². The lowest BCUT2D eigenvalue weighted by Gasteiger charge is -2.61. The molecule has 5 atom stereocenters. The maximum Gasteiger partial charge on any atom is 0.303 e. The molecule has 27 heavy (non-hydrogen) atoms. The zero-order chi connectivity index (χ0) is 18.8. The molecule has 4 bridgehead atoms. The number of esters is 1. The van der Waals surface area contributed by atoms with Crippen LogP contribution in [0.5, 0.6) is 0 Å². The molecule has 1 N–H and O–H groups in total. The van der Waals surface area contributed by atoms with Crippen LogP contribution in [0.2, 0.25) is 0 Å². The first-order chi connectivity index (χ1) is 12.9. The highest BCUT2D eigenvalue weighted by Gasteiger charge is 2.63. The molecule has 0 aromatic rings. The quantitative estimate of drug-likeness (QED) is 0.713. The molecule has 4 saturated carbocycles. The monoisotopic (exact) mass is 375 g/mol. The molecule has 0 radical (unpaired) electrons. The van der Waals surface area contributed by atoms with Crippen molar-refractivity contribution < 1.29 is 19.1 Å². The molecular weight excluding hydrogens is 346 g/mol. The van der Waals surface area contributed by atoms with Crippen molar-refractivity contribution in [3.8, 4) is 0 Å². The summed E-state index contributed by atoms with van der Waals surface area (Å²) in [4.78, 5) is 41.8. The Morgan fingerprint density at radius 2 is 1.85 bits per heavy atom. The van der Waals surface area contributed by atoms with Gasteiger partial charge >= 0.3 is 5.97 Å². The van der Waals surface area contributed by atoms with E-state index in [1.165, 1.54) is 6.92 Å². The number of hydrogen-bond donors (Lipinski definition) is 1. The summed E-state index contributed by atoms with van der Waals surface area (Å²) in [5, 5.41) is 2.93. The maximum atomic E-state index is 13.7. The number of piperazine rings is 2. The Morgan fingerprint density at radius 1 is 1.11 bits per heavy atom. The summed E-state index contributed by atoms with van der Waals surface area (Å²) in [6, 6.07) is -0.215. The topological polar surface area (TPSA) is 79.0 Å². The van der Waals surface area contributed by atoms with Gasteiger partial charge in [0.1, 0.15) is 11.6 Å². The lowest BCUT2D eigenvalue weighted by atomic mass is 9.47. The Bertz CT molecular complexity index is 679. The predicted molar refractivity (Wildman–Crippen MR) is 96.6 cm³/mol. The second-order valence-corrected chi connectivity index (χ2v) is 9.61. The lowest BCUT2D eigenvalue weighted by molar-refractivity contribution is -0.206. The van der Waals surface area contributed by atoms with Crippen LogP contribution in [0.3, 0.4) is 0 Å². The van der Waals surface area contributed by atoms with E-state index in [0.29, 0.717) is 37.9 Å². The van der Waals surface area contributed by atoms with E-state index < -0.39 is 11.0 Å². The molecule has 7 heteroatoms. The normalized spacial score (nSPS) is 43.2. The predicted octanol–water partition coefficient (Wildman–Crippen LogP) is 0.531. The highest BCUT2D eigenvalue weighted by atomic mass is 16.6. The molecule has 6 fully saturated rings. The van der Waals surface area contributed by atoms with Crippen molar-refractivity contribution in [3.05, 3.63) is 0 Å². The largest absolute Gasteiger partial charge is 0.459 e. The number of rotatable bonds is 2. The van der Waals surface area contributed by atoms with Crippen LogP contribution in [0.25, 0.3) is 0 Å². The number of fused-ring (bicyclic) bond motifs is 1. The van der Waals surface area contributed by atoms with Gasteiger partial charge in [-0.05, 0) is 43.9 Å². The van der Waals surface area contributed by atoms with Crippen LogP contribution >= 0.6 is 0 Å². The van der Waals surface area contributed by atoms with E-state index in [9.17, 15) is 14.4 Å². The molecule has 0 spiro atoms. The van der Waals surface area contributed by atoms with Gasteiger partial charge < -0.3 is 15.0 Å². The average Bonchev–Trinajstić information content (AvgIpc) is 2.59. The number of carbonyl (C=O) groups is 3. The summed E-state index contributed by atoms with van der Waals surface area (Å²) in [7, 11) is 0. The first-order valence-corrected chi connectivity index (χ1v) is 10.4. The third kappa shape index (κ3) is 2.77. The molecule has 2 unspecified atom stereocenters. The first-order valence-electron chi connectivity index (χ1n) is 10.4. The van der Waals surface area contributed by atoms with Crippen LogP contribution in [0.4, 0.5) is 0 Å². The average molecular weight is 375 g/mol. The van der Waals surface area contributed by atoms with Crippen LogP contribution in [0, 0.1) is 17.3 Å². The van der Waals surface area contributed by atoms with Crippen molar-refractivity contribution >= 4 is 17.8 Å². The zero-order valence-corrected chi connectivity index (χ0v) is 16.0. The molecule has 4 aliphatic carbocycles. The van der Waals surface area contributed by atoms with E-state index in [-0.39, 0.29) is 23.8 Å². The molecule has 7 nitrogen and oxygen atoms in total. The van der Waals surface area contributed by atoms with E-state index in [4.69, 9.17) is 4.74 Å². The molecule has 148 valence electrons. The van der Waals surface area contributed by atoms with Gasteiger partial charge in [-0.2, -0.15) is 0 Å². The standard InChI is InChI=1S/C20H29N3O4/c1-13(24)27-20-9-14-6-15(10-20)8-19(7-14,12-20)18(26)23-5-4-22-3-2-21-17(25)16(22)11-23/h14-16H,2-12H2,1H3,(H,21,25)/t14-,15+,16-,19?,20?/m0/s1. The van der Waals surface area contributed by atoms with Gasteiger partial charge in [-0.3, -0.25) is 19.3 Å². The van der Waals surface area contributed by atoms with Gasteiger partial charge in [0.2, 0.25) is 11.8 Å². The Kier molecular flexibility index (Phi) is 3.84. The second-order valence-electron chi connectivity index (χ2n) is 9.61. The number of nitrogens with zero attached hydrogens (tertiary/aromatic N) is 2. The van der Waals surface area contributed by atoms with E-state index in [1.807, 2.05) is 4.90 Å². The fourth-order valence-electron chi connectivity index (χ4n) is 7.15. The highest BCUT2D eigenvalue weighted by Crippen LogP contribution is 2.63. The smallest absolute Gasteiger partial charge is 0.303 e. The minimum absolute atomic E-state index is 0.0423. The molecule has 0 aromatic carbocycles. The Morgan fingerprint density at radius 3 is 2.56 bits per heavy atom. The Balaban J connectivity index is 1.38. The first kappa shape index (κ1) is 17.5. The summed E-state index contributed by atoms with van der Waals surface area (Å²) < 4.78 is 5.83. The van der Waals surface area contributed by atoms with Crippen LogP contribution in [-0.2, 0) is 19.1 Å². The fraction of sp³-hybridized carbons (Fsp3) is 0.850. The van der Waals surface area contributed by atoms with Crippen molar-refractivity contribution in [1.29, 1.82) is 0 Å². The van der Waals surface area contributed by atoms with E-state index in [0.717, 1.165) is 45.2 Å². The number of carbonyl (C=O) groups excluding carboxylic acids is 3.